The first-order valence-corrected chi connectivity index (χ1v) is 6.71. The van der Waals surface area contributed by atoms with E-state index in [1.54, 1.807) is 6.07 Å². The van der Waals surface area contributed by atoms with Gasteiger partial charge in [0.2, 0.25) is 0 Å². The van der Waals surface area contributed by atoms with Gasteiger partial charge in [0.15, 0.2) is 5.78 Å². The van der Waals surface area contributed by atoms with Gasteiger partial charge in [0.05, 0.1) is 0 Å². The van der Waals surface area contributed by atoms with Crippen molar-refractivity contribution in [2.24, 2.45) is 5.41 Å². The Kier molecular flexibility index (Phi) is 5.50. The third-order valence-corrected chi connectivity index (χ3v) is 3.14. The fourth-order valence-corrected chi connectivity index (χ4v) is 2.17. The van der Waals surface area contributed by atoms with Gasteiger partial charge in [-0.1, -0.05) is 38.4 Å². The molecule has 2 nitrogen and oxygen atoms in total. The van der Waals surface area contributed by atoms with Crippen LogP contribution in [0.15, 0.2) is 18.2 Å². The van der Waals surface area contributed by atoms with Gasteiger partial charge < -0.3 is 4.74 Å². The molecular formula is C15H20ClFO2. The zero-order valence-electron chi connectivity index (χ0n) is 11.8. The number of ketones is 1. The summed E-state index contributed by atoms with van der Waals surface area (Å²) in [6.45, 7) is 8.20. The van der Waals surface area contributed by atoms with Crippen LogP contribution in [0.4, 0.5) is 4.39 Å². The highest BCUT2D eigenvalue weighted by molar-refractivity contribution is 6.31. The number of carbonyl (C=O) groups excluding carboxylic acids is 1. The first-order valence-electron chi connectivity index (χ1n) is 6.34. The number of halogens is 2. The molecule has 4 heteroatoms. The highest BCUT2D eigenvalue weighted by atomic mass is 35.5. The smallest absolute Gasteiger partial charge is 0.166 e. The van der Waals surface area contributed by atoms with Crippen molar-refractivity contribution in [3.63, 3.8) is 0 Å². The summed E-state index contributed by atoms with van der Waals surface area (Å²) in [5.41, 5.74) is 0.349. The molecule has 0 aliphatic heterocycles. The molecule has 0 aliphatic rings. The molecule has 1 aromatic carbocycles. The molecule has 0 heterocycles. The molecule has 0 spiro atoms. The largest absolute Gasteiger partial charge is 0.370 e. The SMILES string of the molecule is CCOC(C(=O)Cc1ccc(F)cc1Cl)C(C)(C)C. The minimum Gasteiger partial charge on any atom is -0.370 e. The fourth-order valence-electron chi connectivity index (χ4n) is 1.94. The summed E-state index contributed by atoms with van der Waals surface area (Å²) in [5, 5.41) is 0.275. The molecule has 0 radical (unpaired) electrons. The summed E-state index contributed by atoms with van der Waals surface area (Å²) in [6.07, 6.45) is -0.334. The van der Waals surface area contributed by atoms with Crippen molar-refractivity contribution in [3.8, 4) is 0 Å². The van der Waals surface area contributed by atoms with Gasteiger partial charge in [-0.05, 0) is 30.0 Å². The van der Waals surface area contributed by atoms with Gasteiger partial charge >= 0.3 is 0 Å². The van der Waals surface area contributed by atoms with E-state index in [0.29, 0.717) is 12.2 Å². The zero-order chi connectivity index (χ0) is 14.6. The average Bonchev–Trinajstić information content (AvgIpc) is 2.28. The Labute approximate surface area is 118 Å². The molecule has 106 valence electrons. The molecule has 0 aromatic heterocycles. The van der Waals surface area contributed by atoms with Crippen LogP contribution >= 0.6 is 11.6 Å². The number of ether oxygens (including phenoxy) is 1. The van der Waals surface area contributed by atoms with Gasteiger partial charge in [-0.3, -0.25) is 4.79 Å². The van der Waals surface area contributed by atoms with Crippen molar-refractivity contribution in [1.82, 2.24) is 0 Å². The molecule has 0 bridgehead atoms. The van der Waals surface area contributed by atoms with E-state index in [1.807, 2.05) is 27.7 Å². The Morgan fingerprint density at radius 2 is 2.05 bits per heavy atom. The van der Waals surface area contributed by atoms with Crippen LogP contribution in [0.25, 0.3) is 0 Å². The lowest BCUT2D eigenvalue weighted by molar-refractivity contribution is -0.136. The molecule has 0 N–H and O–H groups in total. The normalized spacial score (nSPS) is 13.4. The standard InChI is InChI=1S/C15H20ClFO2/c1-5-19-14(15(2,3)4)13(18)8-10-6-7-11(17)9-12(10)16/h6-7,9,14H,5,8H2,1-4H3. The highest BCUT2D eigenvalue weighted by Gasteiger charge is 2.31. The summed E-state index contributed by atoms with van der Waals surface area (Å²) in [5.74, 6) is -0.443. The maximum atomic E-state index is 13.0. The lowest BCUT2D eigenvalue weighted by Crippen LogP contribution is -2.38. The van der Waals surface area contributed by atoms with E-state index in [-0.39, 0.29) is 22.6 Å². The molecule has 0 saturated carbocycles. The van der Waals surface area contributed by atoms with Crippen molar-refractivity contribution in [2.75, 3.05) is 6.61 Å². The lowest BCUT2D eigenvalue weighted by Gasteiger charge is -2.29. The van der Waals surface area contributed by atoms with Gasteiger partial charge in [-0.2, -0.15) is 0 Å². The van der Waals surface area contributed by atoms with Gasteiger partial charge in [0.25, 0.3) is 0 Å². The first kappa shape index (κ1) is 16.1. The van der Waals surface area contributed by atoms with Crippen LogP contribution in [0.1, 0.15) is 33.3 Å². The van der Waals surface area contributed by atoms with Crippen LogP contribution in [-0.2, 0) is 16.0 Å². The van der Waals surface area contributed by atoms with Crippen LogP contribution in [0.3, 0.4) is 0 Å². The predicted octanol–water partition coefficient (Wildman–Crippen LogP) is 4.04. The maximum absolute atomic E-state index is 13.0. The molecule has 1 aromatic rings. The van der Waals surface area contributed by atoms with Crippen LogP contribution < -0.4 is 0 Å². The molecule has 0 fully saturated rings. The van der Waals surface area contributed by atoms with Crippen LogP contribution in [0, 0.1) is 11.2 Å². The third-order valence-electron chi connectivity index (χ3n) is 2.79. The van der Waals surface area contributed by atoms with Crippen molar-refractivity contribution in [1.29, 1.82) is 0 Å². The van der Waals surface area contributed by atoms with Crippen molar-refractivity contribution < 1.29 is 13.9 Å². The summed E-state index contributed by atoms with van der Waals surface area (Å²) in [7, 11) is 0. The van der Waals surface area contributed by atoms with Gasteiger partial charge in [-0.25, -0.2) is 4.39 Å². The molecule has 1 atom stereocenters. The third kappa shape index (κ3) is 4.59. The van der Waals surface area contributed by atoms with E-state index >= 15 is 0 Å². The van der Waals surface area contributed by atoms with Crippen molar-refractivity contribution in [2.45, 2.75) is 40.2 Å². The quantitative estimate of drug-likeness (QED) is 0.816. The highest BCUT2D eigenvalue weighted by Crippen LogP contribution is 2.26. The second-order valence-electron chi connectivity index (χ2n) is 5.58. The monoisotopic (exact) mass is 286 g/mol. The lowest BCUT2D eigenvalue weighted by atomic mass is 9.84. The number of hydrogen-bond acceptors (Lipinski definition) is 2. The zero-order valence-corrected chi connectivity index (χ0v) is 12.6. The Bertz CT molecular complexity index is 452. The minimum atomic E-state index is -0.487. The first-order chi connectivity index (χ1) is 8.75. The summed E-state index contributed by atoms with van der Waals surface area (Å²) in [6, 6.07) is 4.07. The molecule has 0 saturated heterocycles. The fraction of sp³-hybridized carbons (Fsp3) is 0.533. The van der Waals surface area contributed by atoms with Crippen LogP contribution in [0.5, 0.6) is 0 Å². The molecule has 1 unspecified atom stereocenters. The Morgan fingerprint density at radius 3 is 2.53 bits per heavy atom. The van der Waals surface area contributed by atoms with Crippen molar-refractivity contribution in [3.05, 3.63) is 34.6 Å². The van der Waals surface area contributed by atoms with E-state index in [9.17, 15) is 9.18 Å². The number of benzene rings is 1. The Hall–Kier alpha value is -0.930. The van der Waals surface area contributed by atoms with Gasteiger partial charge in [0, 0.05) is 18.1 Å². The van der Waals surface area contributed by atoms with E-state index in [1.165, 1.54) is 12.1 Å². The topological polar surface area (TPSA) is 26.3 Å². The Balaban J connectivity index is 2.87. The van der Waals surface area contributed by atoms with Gasteiger partial charge in [0.1, 0.15) is 11.9 Å². The number of Topliss-reactive ketones (excluding diaryl/α,β-unsaturated/α-hetero) is 1. The van der Waals surface area contributed by atoms with Crippen molar-refractivity contribution >= 4 is 17.4 Å². The molecule has 19 heavy (non-hydrogen) atoms. The van der Waals surface area contributed by atoms with Crippen LogP contribution in [0.2, 0.25) is 5.02 Å². The number of carbonyl (C=O) groups is 1. The minimum absolute atomic E-state index is 0.0390. The van der Waals surface area contributed by atoms with E-state index in [2.05, 4.69) is 0 Å². The van der Waals surface area contributed by atoms with Crippen LogP contribution in [-0.4, -0.2) is 18.5 Å². The summed E-state index contributed by atoms with van der Waals surface area (Å²) >= 11 is 5.94. The number of hydrogen-bond donors (Lipinski definition) is 0. The maximum Gasteiger partial charge on any atom is 0.166 e. The van der Waals surface area contributed by atoms with E-state index in [4.69, 9.17) is 16.3 Å². The second-order valence-corrected chi connectivity index (χ2v) is 5.99. The predicted molar refractivity (Wildman–Crippen MR) is 75.0 cm³/mol. The molecule has 0 aliphatic carbocycles. The molecule has 1 rings (SSSR count). The van der Waals surface area contributed by atoms with Gasteiger partial charge in [-0.15, -0.1) is 0 Å². The molecule has 0 amide bonds. The molecular weight excluding hydrogens is 267 g/mol. The van der Waals surface area contributed by atoms with E-state index < -0.39 is 11.9 Å². The average molecular weight is 287 g/mol. The summed E-state index contributed by atoms with van der Waals surface area (Å²) in [4.78, 5) is 12.3. The summed E-state index contributed by atoms with van der Waals surface area (Å²) < 4.78 is 18.5. The Morgan fingerprint density at radius 1 is 1.42 bits per heavy atom. The van der Waals surface area contributed by atoms with E-state index in [0.717, 1.165) is 0 Å². The second kappa shape index (κ2) is 6.49. The number of rotatable bonds is 5.